The molecule has 0 radical (unpaired) electrons. The van der Waals surface area contributed by atoms with Crippen LogP contribution in [-0.2, 0) is 0 Å². The summed E-state index contributed by atoms with van der Waals surface area (Å²) in [7, 11) is -6.08. The first kappa shape index (κ1) is 16.5. The van der Waals surface area contributed by atoms with E-state index in [9.17, 15) is 17.4 Å². The van der Waals surface area contributed by atoms with Gasteiger partial charge in [-0.05, 0) is 0 Å². The molecule has 1 aromatic carbocycles. The Balaban J connectivity index is 1.96. The van der Waals surface area contributed by atoms with Gasteiger partial charge in [-0.2, -0.15) is 0 Å². The van der Waals surface area contributed by atoms with E-state index in [4.69, 9.17) is 16.0 Å². The van der Waals surface area contributed by atoms with Crippen molar-refractivity contribution < 1.29 is 17.0 Å². The predicted octanol–water partition coefficient (Wildman–Crippen LogP) is 4.38. The molecule has 0 amide bonds. The van der Waals surface area contributed by atoms with Gasteiger partial charge in [0.05, 0.1) is 0 Å². The standard InChI is InChI=1S/C15H12ClF3N3O2P/c1-7-4-8(16)5-10-13(7)20-14(24-15(10)23)11-6-12(25(17,18)19)21-22(11)9-2-3-9/h4-6,9,25H,2-3H2,1H3. The SMILES string of the molecule is Cc1cc(Cl)cc2c(=O)oc(-c3cc([PH](F)(F)F)nn3C3CC3)nc12. The number of fused-ring (bicyclic) bond motifs is 1. The van der Waals surface area contributed by atoms with Crippen molar-refractivity contribution in [3.63, 3.8) is 0 Å². The van der Waals surface area contributed by atoms with Crippen molar-refractivity contribution in [1.82, 2.24) is 14.8 Å². The van der Waals surface area contributed by atoms with E-state index in [0.717, 1.165) is 18.9 Å². The van der Waals surface area contributed by atoms with E-state index < -0.39 is 19.3 Å². The van der Waals surface area contributed by atoms with Crippen LogP contribution in [0.25, 0.3) is 22.5 Å². The van der Waals surface area contributed by atoms with Gasteiger partial charge in [0.1, 0.15) is 0 Å². The number of rotatable bonds is 3. The Hall–Kier alpha value is -1.92. The second-order valence-electron chi connectivity index (χ2n) is 6.01. The third-order valence-corrected chi connectivity index (χ3v) is 5.07. The fraction of sp³-hybridized carbons (Fsp3) is 0.267. The first-order chi connectivity index (χ1) is 11.7. The maximum absolute atomic E-state index is 13.2. The Morgan fingerprint density at radius 2 is 2.00 bits per heavy atom. The summed E-state index contributed by atoms with van der Waals surface area (Å²) in [5.41, 5.74) is -0.521. The van der Waals surface area contributed by atoms with Crippen molar-refractivity contribution in [2.75, 3.05) is 0 Å². The topological polar surface area (TPSA) is 60.9 Å². The van der Waals surface area contributed by atoms with Gasteiger partial charge in [-0.25, -0.2) is 0 Å². The number of aromatic nitrogens is 3. The Morgan fingerprint density at radius 3 is 2.64 bits per heavy atom. The van der Waals surface area contributed by atoms with E-state index >= 15 is 0 Å². The zero-order valence-electron chi connectivity index (χ0n) is 12.9. The molecule has 0 bridgehead atoms. The summed E-state index contributed by atoms with van der Waals surface area (Å²) in [5, 5.41) is 4.25. The molecular weight excluding hydrogens is 378 g/mol. The van der Waals surface area contributed by atoms with Crippen molar-refractivity contribution in [3.8, 4) is 11.6 Å². The second kappa shape index (κ2) is 5.54. The summed E-state index contributed by atoms with van der Waals surface area (Å²) in [4.78, 5) is 16.5. The number of aryl methyl sites for hydroxylation is 1. The van der Waals surface area contributed by atoms with Crippen LogP contribution >= 0.6 is 19.8 Å². The van der Waals surface area contributed by atoms with Crippen LogP contribution < -0.4 is 11.1 Å². The van der Waals surface area contributed by atoms with Gasteiger partial charge in [0.25, 0.3) is 0 Å². The molecule has 4 rings (SSSR count). The molecule has 1 fully saturated rings. The Bertz CT molecular complexity index is 1060. The molecule has 0 unspecified atom stereocenters. The van der Waals surface area contributed by atoms with E-state index in [1.807, 2.05) is 0 Å². The van der Waals surface area contributed by atoms with Crippen LogP contribution in [0.2, 0.25) is 5.02 Å². The molecule has 0 aliphatic heterocycles. The monoisotopic (exact) mass is 389 g/mol. The molecule has 0 atom stereocenters. The van der Waals surface area contributed by atoms with E-state index in [1.165, 1.54) is 10.7 Å². The van der Waals surface area contributed by atoms with E-state index in [-0.39, 0.29) is 23.0 Å². The number of halogens is 4. The van der Waals surface area contributed by atoms with Crippen molar-refractivity contribution in [3.05, 3.63) is 39.2 Å². The molecule has 10 heteroatoms. The van der Waals surface area contributed by atoms with Gasteiger partial charge in [0, 0.05) is 0 Å². The zero-order valence-corrected chi connectivity index (χ0v) is 14.6. The number of hydrogen-bond acceptors (Lipinski definition) is 4. The third kappa shape index (κ3) is 2.93. The molecule has 25 heavy (non-hydrogen) atoms. The molecule has 5 nitrogen and oxygen atoms in total. The van der Waals surface area contributed by atoms with Gasteiger partial charge in [-0.1, -0.05) is 0 Å². The number of nitrogens with zero attached hydrogens (tertiary/aromatic N) is 3. The summed E-state index contributed by atoms with van der Waals surface area (Å²) in [6.07, 6.45) is 1.47. The molecule has 2 heterocycles. The molecule has 1 aliphatic rings. The van der Waals surface area contributed by atoms with Crippen LogP contribution in [0.1, 0.15) is 24.4 Å². The van der Waals surface area contributed by atoms with Crippen molar-refractivity contribution in [1.29, 1.82) is 0 Å². The summed E-state index contributed by atoms with van der Waals surface area (Å²) in [6.45, 7) is 1.72. The molecule has 1 saturated carbocycles. The van der Waals surface area contributed by atoms with E-state index in [2.05, 4.69) is 10.1 Å². The average Bonchev–Trinajstić information content (AvgIpc) is 3.25. The Labute approximate surface area is 145 Å². The maximum atomic E-state index is 13.2. The summed E-state index contributed by atoms with van der Waals surface area (Å²) in [5.74, 6) is -0.160. The average molecular weight is 390 g/mol. The van der Waals surface area contributed by atoms with Gasteiger partial charge >= 0.3 is 145 Å². The first-order valence-electron chi connectivity index (χ1n) is 7.52. The summed E-state index contributed by atoms with van der Waals surface area (Å²) >= 11 is 5.94. The van der Waals surface area contributed by atoms with Crippen LogP contribution in [0.15, 0.2) is 27.4 Å². The van der Waals surface area contributed by atoms with Crippen molar-refractivity contribution >= 4 is 36.1 Å². The minimum absolute atomic E-state index is 0.0793. The molecule has 0 spiro atoms. The normalized spacial score (nSPS) is 15.7. The van der Waals surface area contributed by atoms with Gasteiger partial charge < -0.3 is 0 Å². The fourth-order valence-corrected chi connectivity index (χ4v) is 3.50. The first-order valence-corrected chi connectivity index (χ1v) is 9.53. The van der Waals surface area contributed by atoms with Crippen molar-refractivity contribution in [2.24, 2.45) is 0 Å². The summed E-state index contributed by atoms with van der Waals surface area (Å²) in [6, 6.07) is 3.87. The van der Waals surface area contributed by atoms with Gasteiger partial charge in [0.15, 0.2) is 0 Å². The van der Waals surface area contributed by atoms with Crippen molar-refractivity contribution in [2.45, 2.75) is 25.8 Å². The molecule has 3 aromatic rings. The Morgan fingerprint density at radius 1 is 1.28 bits per heavy atom. The van der Waals surface area contributed by atoms with Crippen LogP contribution in [0.5, 0.6) is 0 Å². The minimum atomic E-state index is -6.08. The molecule has 2 aromatic heterocycles. The third-order valence-electron chi connectivity index (χ3n) is 4.03. The summed E-state index contributed by atoms with van der Waals surface area (Å²) < 4.78 is 45.9. The molecule has 132 valence electrons. The zero-order chi connectivity index (χ0) is 17.9. The molecule has 0 saturated heterocycles. The molecular formula is C15H12ClF3N3O2P. The Kier molecular flexibility index (Phi) is 3.67. The van der Waals surface area contributed by atoms with Crippen LogP contribution in [0, 0.1) is 6.92 Å². The predicted molar refractivity (Wildman–Crippen MR) is 90.8 cm³/mol. The van der Waals surface area contributed by atoms with E-state index in [1.54, 1.807) is 13.0 Å². The molecule has 1 aliphatic carbocycles. The second-order valence-corrected chi connectivity index (χ2v) is 7.96. The number of hydrogen-bond donors (Lipinski definition) is 0. The van der Waals surface area contributed by atoms with Gasteiger partial charge in [-0.3, -0.25) is 0 Å². The number of benzene rings is 1. The van der Waals surface area contributed by atoms with Gasteiger partial charge in [-0.15, -0.1) is 0 Å². The van der Waals surface area contributed by atoms with Crippen LogP contribution in [0.3, 0.4) is 0 Å². The van der Waals surface area contributed by atoms with Crippen LogP contribution in [0.4, 0.5) is 12.6 Å². The van der Waals surface area contributed by atoms with Gasteiger partial charge in [0.2, 0.25) is 0 Å². The quantitative estimate of drug-likeness (QED) is 0.624. The fourth-order valence-electron chi connectivity index (χ4n) is 2.71. The van der Waals surface area contributed by atoms with E-state index in [0.29, 0.717) is 16.1 Å². The van der Waals surface area contributed by atoms with Crippen LogP contribution in [-0.4, -0.2) is 14.8 Å². The molecule has 0 N–H and O–H groups in total.